The Morgan fingerprint density at radius 2 is 1.79 bits per heavy atom. The van der Waals surface area contributed by atoms with Gasteiger partial charge in [0.05, 0.1) is 11.0 Å². The molecule has 0 saturated carbocycles. The van der Waals surface area contributed by atoms with Crippen molar-refractivity contribution in [2.24, 2.45) is 0 Å². The first-order valence-corrected chi connectivity index (χ1v) is 9.42. The van der Waals surface area contributed by atoms with E-state index in [1.807, 2.05) is 17.0 Å². The predicted octanol–water partition coefficient (Wildman–Crippen LogP) is 6.06. The predicted molar refractivity (Wildman–Crippen MR) is 109 cm³/mol. The SMILES string of the molecule is Fc1ccc2c(CN(c3cccc(Cl)c3)c3ncc(Br)cn3)ccnc2c1F. The summed E-state index contributed by atoms with van der Waals surface area (Å²) < 4.78 is 28.5. The van der Waals surface area contributed by atoms with Gasteiger partial charge >= 0.3 is 0 Å². The van der Waals surface area contributed by atoms with Crippen LogP contribution in [-0.4, -0.2) is 15.0 Å². The number of hydrogen-bond acceptors (Lipinski definition) is 4. The lowest BCUT2D eigenvalue weighted by Gasteiger charge is -2.23. The number of fused-ring (bicyclic) bond motifs is 1. The molecule has 0 aliphatic heterocycles. The molecule has 28 heavy (non-hydrogen) atoms. The minimum absolute atomic E-state index is 0.0136. The molecule has 0 aliphatic carbocycles. The van der Waals surface area contributed by atoms with Crippen molar-refractivity contribution in [1.82, 2.24) is 15.0 Å². The Kier molecular flexibility index (Phi) is 5.19. The highest BCUT2D eigenvalue weighted by Crippen LogP contribution is 2.30. The van der Waals surface area contributed by atoms with Crippen molar-refractivity contribution in [2.75, 3.05) is 4.90 Å². The van der Waals surface area contributed by atoms with Gasteiger partial charge in [-0.2, -0.15) is 0 Å². The summed E-state index contributed by atoms with van der Waals surface area (Å²) in [5.74, 6) is -1.45. The van der Waals surface area contributed by atoms with Crippen LogP contribution in [-0.2, 0) is 6.54 Å². The number of rotatable bonds is 4. The number of nitrogens with zero attached hydrogens (tertiary/aromatic N) is 4. The maximum atomic E-state index is 14.2. The van der Waals surface area contributed by atoms with Gasteiger partial charge in [0.15, 0.2) is 11.6 Å². The zero-order chi connectivity index (χ0) is 19.7. The van der Waals surface area contributed by atoms with E-state index in [9.17, 15) is 8.78 Å². The molecule has 2 aromatic heterocycles. The summed E-state index contributed by atoms with van der Waals surface area (Å²) in [7, 11) is 0. The summed E-state index contributed by atoms with van der Waals surface area (Å²) in [6.45, 7) is 0.312. The molecule has 140 valence electrons. The van der Waals surface area contributed by atoms with Gasteiger partial charge in [-0.3, -0.25) is 4.98 Å². The second-order valence-electron chi connectivity index (χ2n) is 5.99. The fraction of sp³-hybridized carbons (Fsp3) is 0.0500. The Hall–Kier alpha value is -2.64. The minimum Gasteiger partial charge on any atom is -0.306 e. The monoisotopic (exact) mass is 460 g/mol. The smallest absolute Gasteiger partial charge is 0.230 e. The molecule has 0 radical (unpaired) electrons. The Morgan fingerprint density at radius 1 is 1.00 bits per heavy atom. The summed E-state index contributed by atoms with van der Waals surface area (Å²) in [6, 6.07) is 11.6. The average molecular weight is 462 g/mol. The molecule has 4 aromatic rings. The van der Waals surface area contributed by atoms with Crippen molar-refractivity contribution >= 4 is 50.1 Å². The first-order valence-electron chi connectivity index (χ1n) is 8.25. The van der Waals surface area contributed by atoms with Crippen LogP contribution in [0, 0.1) is 11.6 Å². The Balaban J connectivity index is 1.83. The molecule has 0 saturated heterocycles. The highest BCUT2D eigenvalue weighted by molar-refractivity contribution is 9.10. The molecule has 4 rings (SSSR count). The summed E-state index contributed by atoms with van der Waals surface area (Å²) >= 11 is 9.49. The van der Waals surface area contributed by atoms with E-state index >= 15 is 0 Å². The van der Waals surface area contributed by atoms with Crippen molar-refractivity contribution in [3.63, 3.8) is 0 Å². The van der Waals surface area contributed by atoms with Crippen LogP contribution in [0.25, 0.3) is 10.9 Å². The van der Waals surface area contributed by atoms with Gasteiger partial charge < -0.3 is 4.90 Å². The van der Waals surface area contributed by atoms with E-state index in [0.29, 0.717) is 22.9 Å². The maximum absolute atomic E-state index is 14.2. The van der Waals surface area contributed by atoms with Crippen LogP contribution in [0.1, 0.15) is 5.56 Å². The van der Waals surface area contributed by atoms with Gasteiger partial charge in [0.2, 0.25) is 5.95 Å². The van der Waals surface area contributed by atoms with E-state index in [2.05, 4.69) is 30.9 Å². The summed E-state index contributed by atoms with van der Waals surface area (Å²) in [5.41, 5.74) is 1.50. The summed E-state index contributed by atoms with van der Waals surface area (Å²) in [5, 5.41) is 1.08. The first kappa shape index (κ1) is 18.7. The summed E-state index contributed by atoms with van der Waals surface area (Å²) in [6.07, 6.45) is 4.73. The average Bonchev–Trinajstić information content (AvgIpc) is 2.70. The van der Waals surface area contributed by atoms with Gasteiger partial charge in [-0.25, -0.2) is 18.7 Å². The molecule has 0 fully saturated rings. The van der Waals surface area contributed by atoms with Gasteiger partial charge in [-0.1, -0.05) is 17.7 Å². The third-order valence-electron chi connectivity index (χ3n) is 4.19. The Morgan fingerprint density at radius 3 is 2.54 bits per heavy atom. The molecule has 0 N–H and O–H groups in total. The van der Waals surface area contributed by atoms with E-state index in [1.54, 1.807) is 30.6 Å². The highest BCUT2D eigenvalue weighted by atomic mass is 79.9. The maximum Gasteiger partial charge on any atom is 0.230 e. The lowest BCUT2D eigenvalue weighted by Crippen LogP contribution is -2.19. The first-order chi connectivity index (χ1) is 13.5. The molecule has 0 amide bonds. The topological polar surface area (TPSA) is 41.9 Å². The van der Waals surface area contributed by atoms with Crippen molar-refractivity contribution in [2.45, 2.75) is 6.54 Å². The van der Waals surface area contributed by atoms with E-state index in [4.69, 9.17) is 11.6 Å². The van der Waals surface area contributed by atoms with Crippen molar-refractivity contribution < 1.29 is 8.78 Å². The number of anilines is 2. The fourth-order valence-corrected chi connectivity index (χ4v) is 3.28. The second-order valence-corrected chi connectivity index (χ2v) is 7.35. The number of hydrogen-bond donors (Lipinski definition) is 0. The normalized spacial score (nSPS) is 11.0. The molecule has 4 nitrogen and oxygen atoms in total. The molecular weight excluding hydrogens is 450 g/mol. The number of halogens is 4. The number of aromatic nitrogens is 3. The minimum atomic E-state index is -0.964. The Bertz CT molecular complexity index is 1150. The number of pyridine rings is 1. The van der Waals surface area contributed by atoms with Gasteiger partial charge in [-0.15, -0.1) is 0 Å². The largest absolute Gasteiger partial charge is 0.306 e. The van der Waals surface area contributed by atoms with E-state index in [1.165, 1.54) is 12.3 Å². The molecule has 0 atom stereocenters. The van der Waals surface area contributed by atoms with E-state index in [0.717, 1.165) is 21.8 Å². The molecule has 8 heteroatoms. The standard InChI is InChI=1S/C20H12BrClF2N4/c21-13-9-26-20(27-10-13)28(15-3-1-2-14(22)8-15)11-12-6-7-25-19-16(12)4-5-17(23)18(19)24/h1-10H,11H2. The molecule has 0 unspecified atom stereocenters. The molecule has 2 heterocycles. The third-order valence-corrected chi connectivity index (χ3v) is 4.84. The van der Waals surface area contributed by atoms with Gasteiger partial charge in [-0.05, 0) is 57.9 Å². The van der Waals surface area contributed by atoms with Crippen molar-refractivity contribution in [3.8, 4) is 0 Å². The molecule has 2 aromatic carbocycles. The summed E-state index contributed by atoms with van der Waals surface area (Å²) in [4.78, 5) is 14.6. The Labute approximate surface area is 173 Å². The van der Waals surface area contributed by atoms with Crippen molar-refractivity contribution in [3.05, 3.63) is 87.7 Å². The van der Waals surface area contributed by atoms with Crippen LogP contribution in [0.2, 0.25) is 5.02 Å². The van der Waals surface area contributed by atoms with Crippen molar-refractivity contribution in [1.29, 1.82) is 0 Å². The van der Waals surface area contributed by atoms with Crippen LogP contribution >= 0.6 is 27.5 Å². The lowest BCUT2D eigenvalue weighted by atomic mass is 10.1. The van der Waals surface area contributed by atoms with E-state index in [-0.39, 0.29) is 5.52 Å². The van der Waals surface area contributed by atoms with E-state index < -0.39 is 11.6 Å². The lowest BCUT2D eigenvalue weighted by molar-refractivity contribution is 0.515. The van der Waals surface area contributed by atoms with Crippen LogP contribution in [0.3, 0.4) is 0 Å². The van der Waals surface area contributed by atoms with Crippen LogP contribution in [0.4, 0.5) is 20.4 Å². The third kappa shape index (κ3) is 3.68. The van der Waals surface area contributed by atoms with Gasteiger partial charge in [0.25, 0.3) is 0 Å². The van der Waals surface area contributed by atoms with Gasteiger partial charge in [0.1, 0.15) is 5.52 Å². The molecule has 0 bridgehead atoms. The van der Waals surface area contributed by atoms with Crippen LogP contribution in [0.5, 0.6) is 0 Å². The molecule has 0 spiro atoms. The number of benzene rings is 2. The molecular formula is C20H12BrClF2N4. The zero-order valence-electron chi connectivity index (χ0n) is 14.3. The highest BCUT2D eigenvalue weighted by Gasteiger charge is 2.17. The fourth-order valence-electron chi connectivity index (χ4n) is 2.89. The molecule has 0 aliphatic rings. The second kappa shape index (κ2) is 7.77. The zero-order valence-corrected chi connectivity index (χ0v) is 16.6. The van der Waals surface area contributed by atoms with Crippen LogP contribution < -0.4 is 4.90 Å². The van der Waals surface area contributed by atoms with Crippen LogP contribution in [0.15, 0.2) is 65.5 Å². The quantitative estimate of drug-likeness (QED) is 0.371. The van der Waals surface area contributed by atoms with Gasteiger partial charge in [0, 0.05) is 34.7 Å².